The average molecular weight is 303 g/mol. The molecule has 0 aliphatic heterocycles. The van der Waals surface area contributed by atoms with Crippen LogP contribution in [0.5, 0.6) is 0 Å². The van der Waals surface area contributed by atoms with Gasteiger partial charge in [-0.25, -0.2) is 14.5 Å². The zero-order valence-corrected chi connectivity index (χ0v) is 13.4. The first-order valence-electron chi connectivity index (χ1n) is 6.95. The number of imide groups is 1. The van der Waals surface area contributed by atoms with Crippen LogP contribution in [0.25, 0.3) is 0 Å². The van der Waals surface area contributed by atoms with Crippen molar-refractivity contribution in [1.82, 2.24) is 4.90 Å². The molecule has 0 aliphatic carbocycles. The second-order valence-corrected chi connectivity index (χ2v) is 5.36. The minimum absolute atomic E-state index is 0.126. The van der Waals surface area contributed by atoms with Crippen molar-refractivity contribution in [2.75, 3.05) is 20.3 Å². The van der Waals surface area contributed by atoms with Crippen LogP contribution in [0.1, 0.15) is 47.0 Å². The third kappa shape index (κ3) is 8.88. The summed E-state index contributed by atoms with van der Waals surface area (Å²) >= 11 is 0. The summed E-state index contributed by atoms with van der Waals surface area (Å²) in [6, 6.07) is 0. The number of methoxy groups -OCH3 is 1. The van der Waals surface area contributed by atoms with Gasteiger partial charge in [0.15, 0.2) is 0 Å². The molecule has 0 aromatic heterocycles. The van der Waals surface area contributed by atoms with E-state index in [1.807, 2.05) is 0 Å². The van der Waals surface area contributed by atoms with Crippen LogP contribution in [0.15, 0.2) is 0 Å². The summed E-state index contributed by atoms with van der Waals surface area (Å²) in [4.78, 5) is 35.5. The highest BCUT2D eigenvalue weighted by Crippen LogP contribution is 2.12. The number of carbonyl (C=O) groups excluding carboxylic acids is 3. The highest BCUT2D eigenvalue weighted by atomic mass is 16.6. The molecule has 2 amide bonds. The molecule has 0 fully saturated rings. The van der Waals surface area contributed by atoms with Crippen molar-refractivity contribution in [3.05, 3.63) is 0 Å². The number of rotatable bonds is 6. The summed E-state index contributed by atoms with van der Waals surface area (Å²) in [7, 11) is 1.19. The van der Waals surface area contributed by atoms with E-state index < -0.39 is 17.8 Å². The molecule has 0 unspecified atom stereocenters. The monoisotopic (exact) mass is 303 g/mol. The molecule has 0 aromatic rings. The Labute approximate surface area is 125 Å². The molecule has 0 spiro atoms. The third-order valence-corrected chi connectivity index (χ3v) is 2.33. The smallest absolute Gasteiger partial charge is 0.419 e. The van der Waals surface area contributed by atoms with E-state index >= 15 is 0 Å². The van der Waals surface area contributed by atoms with E-state index in [-0.39, 0.29) is 18.9 Å². The van der Waals surface area contributed by atoms with Crippen LogP contribution < -0.4 is 0 Å². The molecule has 0 saturated carbocycles. The van der Waals surface area contributed by atoms with E-state index in [1.165, 1.54) is 7.11 Å². The SMILES string of the molecule is CCOC(=O)CCCCN(C(=O)OC)C(=O)OC(C)(C)C. The molecule has 7 heteroatoms. The first kappa shape index (κ1) is 19.2. The van der Waals surface area contributed by atoms with Gasteiger partial charge in [-0.3, -0.25) is 4.79 Å². The van der Waals surface area contributed by atoms with Gasteiger partial charge in [0.2, 0.25) is 0 Å². The lowest BCUT2D eigenvalue weighted by Gasteiger charge is -2.25. The molecule has 0 radical (unpaired) electrons. The van der Waals surface area contributed by atoms with Crippen molar-refractivity contribution in [3.8, 4) is 0 Å². The number of hydrogen-bond acceptors (Lipinski definition) is 6. The van der Waals surface area contributed by atoms with Gasteiger partial charge in [-0.1, -0.05) is 0 Å². The van der Waals surface area contributed by atoms with E-state index in [0.717, 1.165) is 4.90 Å². The summed E-state index contributed by atoms with van der Waals surface area (Å²) in [6.45, 7) is 7.33. The van der Waals surface area contributed by atoms with Gasteiger partial charge in [0.25, 0.3) is 0 Å². The normalized spacial score (nSPS) is 10.7. The van der Waals surface area contributed by atoms with Gasteiger partial charge in [0.1, 0.15) is 5.60 Å². The fourth-order valence-electron chi connectivity index (χ4n) is 1.46. The summed E-state index contributed by atoms with van der Waals surface area (Å²) in [5.74, 6) is -0.292. The Morgan fingerprint density at radius 2 is 1.67 bits per heavy atom. The van der Waals surface area contributed by atoms with Crippen molar-refractivity contribution in [2.24, 2.45) is 0 Å². The average Bonchev–Trinajstić information content (AvgIpc) is 2.36. The Morgan fingerprint density at radius 3 is 2.14 bits per heavy atom. The number of ether oxygens (including phenoxy) is 3. The molecule has 0 bridgehead atoms. The first-order chi connectivity index (χ1) is 9.71. The molecular weight excluding hydrogens is 278 g/mol. The standard InChI is InChI=1S/C14H25NO6/c1-6-20-11(16)9-7-8-10-15(12(17)19-5)13(18)21-14(2,3)4/h6-10H2,1-5H3. The van der Waals surface area contributed by atoms with Gasteiger partial charge in [-0.2, -0.15) is 0 Å². The molecule has 0 N–H and O–H groups in total. The molecule has 0 aromatic carbocycles. The van der Waals surface area contributed by atoms with Crippen LogP contribution in [0.4, 0.5) is 9.59 Å². The fraction of sp³-hybridized carbons (Fsp3) is 0.786. The Bertz CT molecular complexity index is 361. The van der Waals surface area contributed by atoms with Gasteiger partial charge < -0.3 is 14.2 Å². The predicted molar refractivity (Wildman–Crippen MR) is 75.8 cm³/mol. The Kier molecular flexibility index (Phi) is 8.42. The van der Waals surface area contributed by atoms with Gasteiger partial charge in [-0.05, 0) is 40.5 Å². The molecule has 21 heavy (non-hydrogen) atoms. The second-order valence-electron chi connectivity index (χ2n) is 5.36. The quantitative estimate of drug-likeness (QED) is 0.426. The summed E-state index contributed by atoms with van der Waals surface area (Å²) in [5.41, 5.74) is -0.700. The predicted octanol–water partition coefficient (Wildman–Crippen LogP) is 2.72. The van der Waals surface area contributed by atoms with Crippen molar-refractivity contribution in [2.45, 2.75) is 52.6 Å². The molecule has 0 aliphatic rings. The van der Waals surface area contributed by atoms with E-state index in [9.17, 15) is 14.4 Å². The fourth-order valence-corrected chi connectivity index (χ4v) is 1.46. The molecule has 0 saturated heterocycles. The summed E-state index contributed by atoms with van der Waals surface area (Å²) in [6.07, 6.45) is -0.315. The molecule has 0 rings (SSSR count). The Balaban J connectivity index is 4.35. The maximum Gasteiger partial charge on any atom is 0.419 e. The van der Waals surface area contributed by atoms with Crippen LogP contribution in [-0.2, 0) is 19.0 Å². The number of hydrogen-bond donors (Lipinski definition) is 0. The van der Waals surface area contributed by atoms with Gasteiger partial charge in [-0.15, -0.1) is 0 Å². The third-order valence-electron chi connectivity index (χ3n) is 2.33. The lowest BCUT2D eigenvalue weighted by atomic mass is 10.2. The molecular formula is C14H25NO6. The van der Waals surface area contributed by atoms with E-state index in [1.54, 1.807) is 27.7 Å². The van der Waals surface area contributed by atoms with Crippen LogP contribution >= 0.6 is 0 Å². The largest absolute Gasteiger partial charge is 0.466 e. The Hall–Kier alpha value is -1.79. The maximum atomic E-state index is 11.9. The zero-order chi connectivity index (χ0) is 16.5. The van der Waals surface area contributed by atoms with Gasteiger partial charge >= 0.3 is 18.2 Å². The lowest BCUT2D eigenvalue weighted by Crippen LogP contribution is -2.41. The van der Waals surface area contributed by atoms with Gasteiger partial charge in [0.05, 0.1) is 13.7 Å². The van der Waals surface area contributed by atoms with Crippen LogP contribution in [0.2, 0.25) is 0 Å². The Morgan fingerprint density at radius 1 is 1.05 bits per heavy atom. The molecule has 0 atom stereocenters. The number of esters is 1. The zero-order valence-electron chi connectivity index (χ0n) is 13.4. The number of nitrogens with zero attached hydrogens (tertiary/aromatic N) is 1. The summed E-state index contributed by atoms with van der Waals surface area (Å²) in [5, 5.41) is 0. The van der Waals surface area contributed by atoms with Crippen LogP contribution in [-0.4, -0.2) is 48.9 Å². The second kappa shape index (κ2) is 9.20. The van der Waals surface area contributed by atoms with Crippen molar-refractivity contribution < 1.29 is 28.6 Å². The number of amides is 2. The maximum absolute atomic E-state index is 11.9. The molecule has 122 valence electrons. The van der Waals surface area contributed by atoms with Crippen molar-refractivity contribution in [1.29, 1.82) is 0 Å². The minimum atomic E-state index is -0.777. The van der Waals surface area contributed by atoms with Crippen molar-refractivity contribution >= 4 is 18.2 Å². The van der Waals surface area contributed by atoms with Gasteiger partial charge in [0, 0.05) is 13.0 Å². The number of unbranched alkanes of at least 4 members (excludes halogenated alkanes) is 1. The molecule has 0 heterocycles. The van der Waals surface area contributed by atoms with E-state index in [0.29, 0.717) is 19.4 Å². The lowest BCUT2D eigenvalue weighted by molar-refractivity contribution is -0.143. The van der Waals surface area contributed by atoms with E-state index in [4.69, 9.17) is 9.47 Å². The highest BCUT2D eigenvalue weighted by Gasteiger charge is 2.27. The van der Waals surface area contributed by atoms with E-state index in [2.05, 4.69) is 4.74 Å². The number of carbonyl (C=O) groups is 3. The van der Waals surface area contributed by atoms with Crippen LogP contribution in [0, 0.1) is 0 Å². The topological polar surface area (TPSA) is 82.1 Å². The minimum Gasteiger partial charge on any atom is -0.466 e. The molecule has 7 nitrogen and oxygen atoms in total. The van der Waals surface area contributed by atoms with Crippen LogP contribution in [0.3, 0.4) is 0 Å². The first-order valence-corrected chi connectivity index (χ1v) is 6.95. The highest BCUT2D eigenvalue weighted by molar-refractivity contribution is 5.87. The van der Waals surface area contributed by atoms with Crippen molar-refractivity contribution in [3.63, 3.8) is 0 Å². The summed E-state index contributed by atoms with van der Waals surface area (Å²) < 4.78 is 14.5.